The molecule has 150 valence electrons. The number of anilines is 1. The van der Waals surface area contributed by atoms with Crippen molar-refractivity contribution in [1.29, 1.82) is 0 Å². The van der Waals surface area contributed by atoms with Gasteiger partial charge >= 0.3 is 0 Å². The van der Waals surface area contributed by atoms with Gasteiger partial charge in [0.15, 0.2) is 5.82 Å². The maximum absolute atomic E-state index is 12.2. The molecule has 0 fully saturated rings. The Balaban J connectivity index is 1.41. The molecule has 0 unspecified atom stereocenters. The number of rotatable bonds is 8. The molecule has 0 aliphatic rings. The summed E-state index contributed by atoms with van der Waals surface area (Å²) in [6.45, 7) is 2.31. The van der Waals surface area contributed by atoms with Crippen molar-refractivity contribution in [3.63, 3.8) is 0 Å². The van der Waals surface area contributed by atoms with Crippen LogP contribution in [0.25, 0.3) is 0 Å². The van der Waals surface area contributed by atoms with Gasteiger partial charge < -0.3 is 15.2 Å². The lowest BCUT2D eigenvalue weighted by Crippen LogP contribution is -2.26. The first kappa shape index (κ1) is 20.7. The molecule has 2 aromatic carbocycles. The summed E-state index contributed by atoms with van der Waals surface area (Å²) < 4.78 is 5.95. The smallest absolute Gasteiger partial charge is 0.255 e. The van der Waals surface area contributed by atoms with E-state index in [1.165, 1.54) is 0 Å². The van der Waals surface area contributed by atoms with Crippen LogP contribution in [0.4, 0.5) is 5.69 Å². The van der Waals surface area contributed by atoms with Gasteiger partial charge in [0.1, 0.15) is 0 Å². The number of amides is 2. The van der Waals surface area contributed by atoms with Crippen molar-refractivity contribution in [2.45, 2.75) is 26.2 Å². The average molecular weight is 457 g/mol. The standard InChI is InChI=1S/C21H21BrN4O3/c1-14-24-20(29-26-14)3-2-12-23-19(27)13-15-4-10-18(11-5-15)25-21(28)16-6-8-17(22)9-7-16/h4-11H,2-3,12-13H2,1H3,(H,23,27)(H,25,28). The fourth-order valence-electron chi connectivity index (χ4n) is 2.67. The Morgan fingerprint density at radius 2 is 1.79 bits per heavy atom. The second kappa shape index (κ2) is 9.97. The summed E-state index contributed by atoms with van der Waals surface area (Å²) in [7, 11) is 0. The lowest BCUT2D eigenvalue weighted by molar-refractivity contribution is -0.120. The fourth-order valence-corrected chi connectivity index (χ4v) is 2.93. The summed E-state index contributed by atoms with van der Waals surface area (Å²) >= 11 is 3.35. The third kappa shape index (κ3) is 6.53. The first-order valence-electron chi connectivity index (χ1n) is 9.21. The van der Waals surface area contributed by atoms with Crippen LogP contribution in [0.2, 0.25) is 0 Å². The lowest BCUT2D eigenvalue weighted by Gasteiger charge is -2.08. The van der Waals surface area contributed by atoms with E-state index >= 15 is 0 Å². The molecule has 8 heteroatoms. The molecule has 1 heterocycles. The number of carbonyl (C=O) groups is 2. The van der Waals surface area contributed by atoms with Crippen LogP contribution in [-0.4, -0.2) is 28.5 Å². The molecule has 29 heavy (non-hydrogen) atoms. The number of benzene rings is 2. The highest BCUT2D eigenvalue weighted by atomic mass is 79.9. The largest absolute Gasteiger partial charge is 0.356 e. The zero-order valence-corrected chi connectivity index (χ0v) is 17.5. The third-order valence-corrected chi connectivity index (χ3v) is 4.67. The molecule has 0 aliphatic carbocycles. The molecule has 0 aliphatic heterocycles. The van der Waals surface area contributed by atoms with Crippen molar-refractivity contribution in [3.8, 4) is 0 Å². The molecule has 0 saturated carbocycles. The Labute approximate surface area is 177 Å². The molecule has 0 spiro atoms. The predicted octanol–water partition coefficient (Wildman–Crippen LogP) is 3.68. The summed E-state index contributed by atoms with van der Waals surface area (Å²) in [6, 6.07) is 14.4. The van der Waals surface area contributed by atoms with Gasteiger partial charge in [0.2, 0.25) is 11.8 Å². The molecule has 1 aromatic heterocycles. The van der Waals surface area contributed by atoms with Crippen LogP contribution >= 0.6 is 15.9 Å². The first-order chi connectivity index (χ1) is 14.0. The topological polar surface area (TPSA) is 97.1 Å². The molecule has 2 amide bonds. The third-order valence-electron chi connectivity index (χ3n) is 4.14. The number of aryl methyl sites for hydroxylation is 2. The van der Waals surface area contributed by atoms with E-state index in [2.05, 4.69) is 36.7 Å². The molecule has 3 aromatic rings. The van der Waals surface area contributed by atoms with E-state index in [1.807, 2.05) is 24.3 Å². The van der Waals surface area contributed by atoms with E-state index < -0.39 is 0 Å². The van der Waals surface area contributed by atoms with Crippen LogP contribution in [0.5, 0.6) is 0 Å². The molecule has 7 nitrogen and oxygen atoms in total. The van der Waals surface area contributed by atoms with E-state index in [0.29, 0.717) is 35.9 Å². The van der Waals surface area contributed by atoms with Gasteiger partial charge in [0.25, 0.3) is 5.91 Å². The predicted molar refractivity (Wildman–Crippen MR) is 113 cm³/mol. The van der Waals surface area contributed by atoms with Gasteiger partial charge in [-0.2, -0.15) is 4.98 Å². The first-order valence-corrected chi connectivity index (χ1v) is 10.0. The molecule has 2 N–H and O–H groups in total. The molecule has 3 rings (SSSR count). The Hall–Kier alpha value is -3.00. The number of halogens is 1. The summed E-state index contributed by atoms with van der Waals surface area (Å²) in [5, 5.41) is 9.45. The van der Waals surface area contributed by atoms with Crippen LogP contribution in [-0.2, 0) is 17.6 Å². The summed E-state index contributed by atoms with van der Waals surface area (Å²) in [6.07, 6.45) is 1.64. The average Bonchev–Trinajstić information content (AvgIpc) is 3.12. The number of carbonyl (C=O) groups excluding carboxylic acids is 2. The summed E-state index contributed by atoms with van der Waals surface area (Å²) in [4.78, 5) is 28.4. The highest BCUT2D eigenvalue weighted by Crippen LogP contribution is 2.14. The van der Waals surface area contributed by atoms with Crippen LogP contribution in [0.3, 0.4) is 0 Å². The van der Waals surface area contributed by atoms with Gasteiger partial charge in [-0.1, -0.05) is 33.2 Å². The number of aromatic nitrogens is 2. The Kier molecular flexibility index (Phi) is 7.13. The van der Waals surface area contributed by atoms with Gasteiger partial charge in [-0.3, -0.25) is 9.59 Å². The number of hydrogen-bond donors (Lipinski definition) is 2. The minimum Gasteiger partial charge on any atom is -0.356 e. The Morgan fingerprint density at radius 1 is 1.07 bits per heavy atom. The van der Waals surface area contributed by atoms with Gasteiger partial charge in [-0.25, -0.2) is 0 Å². The quantitative estimate of drug-likeness (QED) is 0.503. The molecule has 0 saturated heterocycles. The molecule has 0 bridgehead atoms. The van der Waals surface area contributed by atoms with Gasteiger partial charge in [-0.05, 0) is 55.3 Å². The molecular weight excluding hydrogens is 436 g/mol. The second-order valence-electron chi connectivity index (χ2n) is 6.52. The van der Waals surface area contributed by atoms with Crippen molar-refractivity contribution in [3.05, 3.63) is 75.8 Å². The monoisotopic (exact) mass is 456 g/mol. The van der Waals surface area contributed by atoms with Crippen LogP contribution in [0.1, 0.15) is 34.1 Å². The molecule has 0 atom stereocenters. The normalized spacial score (nSPS) is 10.6. The summed E-state index contributed by atoms with van der Waals surface area (Å²) in [5.41, 5.74) is 2.13. The van der Waals surface area contributed by atoms with E-state index in [0.717, 1.165) is 16.5 Å². The van der Waals surface area contributed by atoms with Crippen molar-refractivity contribution in [2.24, 2.45) is 0 Å². The number of nitrogens with zero attached hydrogens (tertiary/aromatic N) is 2. The maximum atomic E-state index is 12.2. The van der Waals surface area contributed by atoms with Crippen molar-refractivity contribution in [2.75, 3.05) is 11.9 Å². The van der Waals surface area contributed by atoms with Gasteiger partial charge in [0, 0.05) is 28.7 Å². The second-order valence-corrected chi connectivity index (χ2v) is 7.44. The van der Waals surface area contributed by atoms with E-state index in [4.69, 9.17) is 4.52 Å². The number of nitrogens with one attached hydrogen (secondary N) is 2. The minimum absolute atomic E-state index is 0.0571. The van der Waals surface area contributed by atoms with Crippen LogP contribution in [0.15, 0.2) is 57.5 Å². The number of hydrogen-bond acceptors (Lipinski definition) is 5. The molecule has 0 radical (unpaired) electrons. The maximum Gasteiger partial charge on any atom is 0.255 e. The highest BCUT2D eigenvalue weighted by molar-refractivity contribution is 9.10. The van der Waals surface area contributed by atoms with Gasteiger partial charge in [-0.15, -0.1) is 0 Å². The molecular formula is C21H21BrN4O3. The fraction of sp³-hybridized carbons (Fsp3) is 0.238. The van der Waals surface area contributed by atoms with E-state index in [-0.39, 0.29) is 18.2 Å². The van der Waals surface area contributed by atoms with E-state index in [9.17, 15) is 9.59 Å². The Bertz CT molecular complexity index is 968. The highest BCUT2D eigenvalue weighted by Gasteiger charge is 2.08. The SMILES string of the molecule is Cc1noc(CCCNC(=O)Cc2ccc(NC(=O)c3ccc(Br)cc3)cc2)n1. The van der Waals surface area contributed by atoms with Gasteiger partial charge in [0.05, 0.1) is 6.42 Å². The van der Waals surface area contributed by atoms with Crippen molar-refractivity contribution >= 4 is 33.4 Å². The lowest BCUT2D eigenvalue weighted by atomic mass is 10.1. The minimum atomic E-state index is -0.181. The summed E-state index contributed by atoms with van der Waals surface area (Å²) in [5.74, 6) is 0.954. The van der Waals surface area contributed by atoms with Crippen LogP contribution < -0.4 is 10.6 Å². The van der Waals surface area contributed by atoms with Crippen molar-refractivity contribution < 1.29 is 14.1 Å². The zero-order chi connectivity index (χ0) is 20.6. The Morgan fingerprint density at radius 3 is 2.45 bits per heavy atom. The van der Waals surface area contributed by atoms with Crippen molar-refractivity contribution in [1.82, 2.24) is 15.5 Å². The van der Waals surface area contributed by atoms with E-state index in [1.54, 1.807) is 31.2 Å². The zero-order valence-electron chi connectivity index (χ0n) is 15.9. The van der Waals surface area contributed by atoms with Crippen LogP contribution in [0, 0.1) is 6.92 Å².